The molecule has 1 aliphatic heterocycles. The number of piperidine rings is 1. The summed E-state index contributed by atoms with van der Waals surface area (Å²) >= 11 is 0. The van der Waals surface area contributed by atoms with Gasteiger partial charge in [-0.3, -0.25) is 9.59 Å². The fourth-order valence-electron chi connectivity index (χ4n) is 10.4. The Morgan fingerprint density at radius 2 is 0.606 bits per heavy atom. The average Bonchev–Trinajstić information content (AvgIpc) is 3.33. The molecule has 1 rings (SSSR count). The van der Waals surface area contributed by atoms with Gasteiger partial charge in [-0.15, -0.1) is 0 Å². The molecule has 1 saturated heterocycles. The molecule has 0 radical (unpaired) electrons. The first-order chi connectivity index (χ1) is 32.5. The lowest BCUT2D eigenvalue weighted by atomic mass is 9.91. The zero-order valence-corrected chi connectivity index (χ0v) is 46.0. The second-order valence-electron chi connectivity index (χ2n) is 21.5. The van der Waals surface area contributed by atoms with Crippen LogP contribution in [0.3, 0.4) is 0 Å². The highest BCUT2D eigenvalue weighted by Gasteiger charge is 2.24. The van der Waals surface area contributed by atoms with Gasteiger partial charge >= 0.3 is 0 Å². The number of unbranched alkanes of at least 4 members (excludes halogenated alkanes) is 30. The fraction of sp³-hybridized carbons (Fsp3) is 0.967. The highest BCUT2D eigenvalue weighted by atomic mass is 16.2. The van der Waals surface area contributed by atoms with Gasteiger partial charge in [0.05, 0.1) is 0 Å². The summed E-state index contributed by atoms with van der Waals surface area (Å²) in [5.74, 6) is 1.41. The molecule has 0 atom stereocenters. The molecule has 0 N–H and O–H groups in total. The first-order valence-corrected chi connectivity index (χ1v) is 30.4. The van der Waals surface area contributed by atoms with Gasteiger partial charge in [0.1, 0.15) is 5.78 Å². The molecular formula is C60H120N4O2. The standard InChI is InChI=1S/C60H120N4O2/c1-6-11-16-21-26-31-36-47-61(48-37-32-27-22-17-12-7-2)52-45-59(65)42-41-58-43-54-64(55-44-58)60(66)46-53-63(51-40-35-30-25-20-15-10-5)57-56-62(49-38-33-28-23-18-13-8-3)50-39-34-29-24-19-14-9-4/h58H,6-57H2,1-5H3. The largest absolute Gasteiger partial charge is 0.343 e. The Balaban J connectivity index is 2.61. The molecule has 0 saturated carbocycles. The van der Waals surface area contributed by atoms with Crippen molar-refractivity contribution in [2.45, 2.75) is 298 Å². The van der Waals surface area contributed by atoms with E-state index in [2.05, 4.69) is 54.2 Å². The lowest BCUT2D eigenvalue weighted by Gasteiger charge is -2.33. The molecule has 0 aliphatic carbocycles. The van der Waals surface area contributed by atoms with Crippen molar-refractivity contribution >= 4 is 11.7 Å². The van der Waals surface area contributed by atoms with Crippen molar-refractivity contribution in [3.05, 3.63) is 0 Å². The molecule has 0 aromatic rings. The number of rotatable bonds is 52. The van der Waals surface area contributed by atoms with Crippen LogP contribution in [0.15, 0.2) is 0 Å². The second-order valence-corrected chi connectivity index (χ2v) is 21.5. The van der Waals surface area contributed by atoms with Crippen LogP contribution in [0.2, 0.25) is 0 Å². The minimum Gasteiger partial charge on any atom is -0.343 e. The van der Waals surface area contributed by atoms with E-state index in [0.29, 0.717) is 24.0 Å². The van der Waals surface area contributed by atoms with Crippen molar-refractivity contribution in [3.63, 3.8) is 0 Å². The summed E-state index contributed by atoms with van der Waals surface area (Å²) in [6.45, 7) is 23.3. The Morgan fingerprint density at radius 1 is 0.333 bits per heavy atom. The molecule has 0 spiro atoms. The topological polar surface area (TPSA) is 47.1 Å². The summed E-state index contributed by atoms with van der Waals surface area (Å²) in [6, 6.07) is 0. The van der Waals surface area contributed by atoms with Crippen LogP contribution in [-0.4, -0.2) is 103 Å². The molecule has 0 aromatic carbocycles. The van der Waals surface area contributed by atoms with Crippen LogP contribution in [0, 0.1) is 5.92 Å². The number of amides is 1. The maximum atomic E-state index is 13.7. The molecular weight excluding hydrogens is 809 g/mol. The van der Waals surface area contributed by atoms with Gasteiger partial charge < -0.3 is 19.6 Å². The number of hydrogen-bond acceptors (Lipinski definition) is 5. The van der Waals surface area contributed by atoms with Crippen molar-refractivity contribution in [2.75, 3.05) is 72.0 Å². The molecule has 1 heterocycles. The number of nitrogens with zero attached hydrogens (tertiary/aromatic N) is 4. The fourth-order valence-corrected chi connectivity index (χ4v) is 10.4. The van der Waals surface area contributed by atoms with Crippen molar-refractivity contribution in [1.82, 2.24) is 19.6 Å². The first kappa shape index (κ1) is 63.0. The summed E-state index contributed by atoms with van der Waals surface area (Å²) in [5, 5.41) is 0. The van der Waals surface area contributed by atoms with Crippen LogP contribution >= 0.6 is 0 Å². The van der Waals surface area contributed by atoms with Crippen LogP contribution < -0.4 is 0 Å². The Morgan fingerprint density at radius 3 is 0.939 bits per heavy atom. The van der Waals surface area contributed by atoms with Gasteiger partial charge in [-0.1, -0.05) is 227 Å². The Bertz CT molecular complexity index is 979. The van der Waals surface area contributed by atoms with Gasteiger partial charge in [-0.05, 0) is 90.0 Å². The predicted octanol–water partition coefficient (Wildman–Crippen LogP) is 17.0. The van der Waals surface area contributed by atoms with Gasteiger partial charge in [-0.25, -0.2) is 0 Å². The highest BCUT2D eigenvalue weighted by Crippen LogP contribution is 2.23. The van der Waals surface area contributed by atoms with E-state index in [1.54, 1.807) is 0 Å². The molecule has 6 heteroatoms. The monoisotopic (exact) mass is 929 g/mol. The predicted molar refractivity (Wildman–Crippen MR) is 292 cm³/mol. The van der Waals surface area contributed by atoms with Crippen LogP contribution in [-0.2, 0) is 9.59 Å². The zero-order valence-electron chi connectivity index (χ0n) is 46.0. The number of carbonyl (C=O) groups excluding carboxylic acids is 2. The lowest BCUT2D eigenvalue weighted by molar-refractivity contribution is -0.133. The van der Waals surface area contributed by atoms with Crippen molar-refractivity contribution in [1.29, 1.82) is 0 Å². The molecule has 66 heavy (non-hydrogen) atoms. The third-order valence-electron chi connectivity index (χ3n) is 15.3. The maximum absolute atomic E-state index is 13.7. The zero-order chi connectivity index (χ0) is 47.8. The summed E-state index contributed by atoms with van der Waals surface area (Å²) in [5.41, 5.74) is 0. The second kappa shape index (κ2) is 49.0. The SMILES string of the molecule is CCCCCCCCCN(CCCCCCCCC)CCC(=O)CCC1CCN(C(=O)CCN(CCCCCCCCC)CCN(CCCCCCCCC)CCCCCCCCC)CC1. The molecule has 0 bridgehead atoms. The molecule has 0 unspecified atom stereocenters. The Labute approximate surface area is 415 Å². The summed E-state index contributed by atoms with van der Waals surface area (Å²) < 4.78 is 0. The molecule has 1 fully saturated rings. The summed E-state index contributed by atoms with van der Waals surface area (Å²) in [4.78, 5) is 37.2. The van der Waals surface area contributed by atoms with Gasteiger partial charge in [0.15, 0.2) is 0 Å². The van der Waals surface area contributed by atoms with E-state index in [9.17, 15) is 9.59 Å². The highest BCUT2D eigenvalue weighted by molar-refractivity contribution is 5.78. The van der Waals surface area contributed by atoms with E-state index in [1.165, 1.54) is 238 Å². The van der Waals surface area contributed by atoms with E-state index >= 15 is 0 Å². The lowest BCUT2D eigenvalue weighted by Crippen LogP contribution is -2.41. The number of Topliss-reactive ketones (excluding diaryl/α,β-unsaturated/α-hetero) is 1. The third-order valence-corrected chi connectivity index (χ3v) is 15.3. The number of ketones is 1. The van der Waals surface area contributed by atoms with Gasteiger partial charge in [0.25, 0.3) is 0 Å². The smallest absolute Gasteiger partial charge is 0.223 e. The van der Waals surface area contributed by atoms with E-state index in [4.69, 9.17) is 0 Å². The van der Waals surface area contributed by atoms with E-state index in [0.717, 1.165) is 91.0 Å². The molecule has 6 nitrogen and oxygen atoms in total. The van der Waals surface area contributed by atoms with Crippen molar-refractivity contribution in [3.8, 4) is 0 Å². The maximum Gasteiger partial charge on any atom is 0.223 e. The molecule has 1 aliphatic rings. The van der Waals surface area contributed by atoms with Gasteiger partial charge in [-0.2, -0.15) is 0 Å². The summed E-state index contributed by atoms with van der Waals surface area (Å²) in [6.07, 6.45) is 52.7. The van der Waals surface area contributed by atoms with Crippen LogP contribution in [0.5, 0.6) is 0 Å². The van der Waals surface area contributed by atoms with Crippen LogP contribution in [0.25, 0.3) is 0 Å². The van der Waals surface area contributed by atoms with E-state index < -0.39 is 0 Å². The Hall–Kier alpha value is -0.980. The third kappa shape index (κ3) is 39.8. The van der Waals surface area contributed by atoms with Gasteiger partial charge in [0.2, 0.25) is 5.91 Å². The van der Waals surface area contributed by atoms with Gasteiger partial charge in [0, 0.05) is 58.5 Å². The minimum atomic E-state index is 0.360. The Kier molecular flexibility index (Phi) is 46.8. The number of hydrogen-bond donors (Lipinski definition) is 0. The van der Waals surface area contributed by atoms with E-state index in [-0.39, 0.29) is 0 Å². The van der Waals surface area contributed by atoms with Crippen LogP contribution in [0.4, 0.5) is 0 Å². The molecule has 0 aromatic heterocycles. The number of carbonyl (C=O) groups is 2. The normalized spacial score (nSPS) is 13.6. The average molecular weight is 930 g/mol. The first-order valence-electron chi connectivity index (χ1n) is 30.4. The van der Waals surface area contributed by atoms with E-state index in [1.807, 2.05) is 0 Å². The molecule has 1 amide bonds. The minimum absolute atomic E-state index is 0.360. The van der Waals surface area contributed by atoms with Crippen molar-refractivity contribution in [2.24, 2.45) is 5.92 Å². The van der Waals surface area contributed by atoms with Crippen molar-refractivity contribution < 1.29 is 9.59 Å². The quantitative estimate of drug-likeness (QED) is 0.0569. The summed E-state index contributed by atoms with van der Waals surface area (Å²) in [7, 11) is 0. The van der Waals surface area contributed by atoms with Crippen LogP contribution in [0.1, 0.15) is 298 Å². The molecule has 392 valence electrons. The number of likely N-dealkylation sites (tertiary alicyclic amines) is 1.